The van der Waals surface area contributed by atoms with Crippen LogP contribution in [-0.2, 0) is 9.63 Å². The van der Waals surface area contributed by atoms with Crippen LogP contribution in [-0.4, -0.2) is 30.3 Å². The van der Waals surface area contributed by atoms with E-state index in [0.29, 0.717) is 31.0 Å². The first-order valence-corrected chi connectivity index (χ1v) is 11.2. The highest BCUT2D eigenvalue weighted by Gasteiger charge is 2.23. The van der Waals surface area contributed by atoms with Crippen molar-refractivity contribution >= 4 is 23.0 Å². The van der Waals surface area contributed by atoms with Crippen molar-refractivity contribution in [3.05, 3.63) is 84.4 Å². The van der Waals surface area contributed by atoms with Gasteiger partial charge in [-0.1, -0.05) is 37.8 Å². The van der Waals surface area contributed by atoms with Crippen LogP contribution in [0.5, 0.6) is 17.2 Å². The summed E-state index contributed by atoms with van der Waals surface area (Å²) in [4.78, 5) is 19.1. The van der Waals surface area contributed by atoms with Gasteiger partial charge in [-0.2, -0.15) is 0 Å². The summed E-state index contributed by atoms with van der Waals surface area (Å²) in [7, 11) is 0. The summed E-state index contributed by atoms with van der Waals surface area (Å²) in [5, 5.41) is 9.22. The number of hydrogen-bond donors (Lipinski definition) is 2. The SMILES string of the molecule is C=C(NOCCN1c2ccccc2Oc2ccccc21)c1ccc(OC(CC)C(=O)O)c(C)c1. The highest BCUT2D eigenvalue weighted by molar-refractivity contribution is 5.77. The summed E-state index contributed by atoms with van der Waals surface area (Å²) in [5.74, 6) is 1.18. The fourth-order valence-electron chi connectivity index (χ4n) is 3.79. The van der Waals surface area contributed by atoms with E-state index >= 15 is 0 Å². The molecule has 7 heteroatoms. The molecule has 3 aromatic carbocycles. The van der Waals surface area contributed by atoms with Gasteiger partial charge in [-0.05, 0) is 66.9 Å². The second-order valence-electron chi connectivity index (χ2n) is 7.95. The van der Waals surface area contributed by atoms with E-state index < -0.39 is 12.1 Å². The Balaban J connectivity index is 1.35. The minimum atomic E-state index is -0.976. The molecule has 3 aromatic rings. The van der Waals surface area contributed by atoms with Gasteiger partial charge in [0.25, 0.3) is 0 Å². The number of carbonyl (C=O) groups is 1. The Bertz CT molecular complexity index is 1150. The number of hydroxylamine groups is 1. The van der Waals surface area contributed by atoms with Crippen molar-refractivity contribution in [3.8, 4) is 17.2 Å². The number of aliphatic carboxylic acids is 1. The molecule has 1 heterocycles. The van der Waals surface area contributed by atoms with Crippen molar-refractivity contribution in [2.45, 2.75) is 26.4 Å². The number of nitrogens with one attached hydrogen (secondary N) is 1. The lowest BCUT2D eigenvalue weighted by atomic mass is 10.1. The smallest absolute Gasteiger partial charge is 0.344 e. The molecule has 0 amide bonds. The zero-order chi connectivity index (χ0) is 24.1. The molecule has 0 fully saturated rings. The average molecular weight is 461 g/mol. The van der Waals surface area contributed by atoms with Crippen molar-refractivity contribution in [1.29, 1.82) is 0 Å². The van der Waals surface area contributed by atoms with Crippen LogP contribution in [0.25, 0.3) is 5.70 Å². The fourth-order valence-corrected chi connectivity index (χ4v) is 3.79. The van der Waals surface area contributed by atoms with Crippen LogP contribution in [0, 0.1) is 6.92 Å². The number of fused-ring (bicyclic) bond motifs is 2. The molecule has 2 N–H and O–H groups in total. The third-order valence-electron chi connectivity index (χ3n) is 5.58. The first-order valence-electron chi connectivity index (χ1n) is 11.2. The van der Waals surface area contributed by atoms with Crippen molar-refractivity contribution in [2.75, 3.05) is 18.1 Å². The Hall–Kier alpha value is -3.97. The molecule has 0 aromatic heterocycles. The minimum Gasteiger partial charge on any atom is -0.479 e. The Labute approximate surface area is 199 Å². The lowest BCUT2D eigenvalue weighted by Crippen LogP contribution is -2.27. The number of ether oxygens (including phenoxy) is 2. The maximum absolute atomic E-state index is 11.2. The summed E-state index contributed by atoms with van der Waals surface area (Å²) in [6.45, 7) is 8.71. The minimum absolute atomic E-state index is 0.386. The van der Waals surface area contributed by atoms with Crippen LogP contribution < -0.4 is 19.9 Å². The predicted octanol–water partition coefficient (Wildman–Crippen LogP) is 5.67. The quantitative estimate of drug-likeness (QED) is 0.298. The molecule has 0 bridgehead atoms. The van der Waals surface area contributed by atoms with E-state index in [1.165, 1.54) is 0 Å². The fraction of sp³-hybridized carbons (Fsp3) is 0.222. The predicted molar refractivity (Wildman–Crippen MR) is 132 cm³/mol. The van der Waals surface area contributed by atoms with E-state index in [4.69, 9.17) is 14.3 Å². The van der Waals surface area contributed by atoms with E-state index in [1.807, 2.05) is 67.6 Å². The molecule has 0 aliphatic carbocycles. The molecule has 1 unspecified atom stereocenters. The zero-order valence-corrected chi connectivity index (χ0v) is 19.3. The number of rotatable bonds is 10. The lowest BCUT2D eigenvalue weighted by molar-refractivity contribution is -0.145. The molecular weight excluding hydrogens is 432 g/mol. The first-order chi connectivity index (χ1) is 16.5. The van der Waals surface area contributed by atoms with Crippen LogP contribution in [0.1, 0.15) is 24.5 Å². The van der Waals surface area contributed by atoms with Crippen molar-refractivity contribution in [3.63, 3.8) is 0 Å². The number of benzene rings is 3. The second-order valence-corrected chi connectivity index (χ2v) is 7.95. The summed E-state index contributed by atoms with van der Waals surface area (Å²) >= 11 is 0. The van der Waals surface area contributed by atoms with E-state index in [9.17, 15) is 9.90 Å². The van der Waals surface area contributed by atoms with Crippen LogP contribution in [0.4, 0.5) is 11.4 Å². The number of anilines is 2. The molecule has 7 nitrogen and oxygen atoms in total. The second kappa shape index (κ2) is 10.3. The Morgan fingerprint density at radius 3 is 2.32 bits per heavy atom. The molecule has 0 spiro atoms. The van der Waals surface area contributed by atoms with Gasteiger partial charge in [0.05, 0.1) is 23.7 Å². The topological polar surface area (TPSA) is 80.3 Å². The monoisotopic (exact) mass is 460 g/mol. The number of para-hydroxylation sites is 4. The molecule has 1 aliphatic rings. The van der Waals surface area contributed by atoms with Gasteiger partial charge in [-0.15, -0.1) is 0 Å². The molecular formula is C27H28N2O5. The number of nitrogens with zero attached hydrogens (tertiary/aromatic N) is 1. The van der Waals surface area contributed by atoms with Gasteiger partial charge >= 0.3 is 5.97 Å². The van der Waals surface area contributed by atoms with Crippen LogP contribution in [0.15, 0.2) is 73.3 Å². The summed E-state index contributed by atoms with van der Waals surface area (Å²) < 4.78 is 11.6. The summed E-state index contributed by atoms with van der Waals surface area (Å²) in [6, 6.07) is 21.3. The Kier molecular flexibility index (Phi) is 7.04. The van der Waals surface area contributed by atoms with E-state index in [-0.39, 0.29) is 0 Å². The lowest BCUT2D eigenvalue weighted by Gasteiger charge is -2.32. The Morgan fingerprint density at radius 2 is 1.74 bits per heavy atom. The molecule has 176 valence electrons. The van der Waals surface area contributed by atoms with Crippen LogP contribution in [0.2, 0.25) is 0 Å². The zero-order valence-electron chi connectivity index (χ0n) is 19.3. The number of carboxylic acids is 1. The summed E-state index contributed by atoms with van der Waals surface area (Å²) in [6.07, 6.45) is -0.485. The normalized spacial score (nSPS) is 12.7. The number of aryl methyl sites for hydroxylation is 1. The third-order valence-corrected chi connectivity index (χ3v) is 5.58. The molecule has 34 heavy (non-hydrogen) atoms. The summed E-state index contributed by atoms with van der Waals surface area (Å²) in [5.41, 5.74) is 7.14. The van der Waals surface area contributed by atoms with Gasteiger partial charge in [0.15, 0.2) is 17.6 Å². The Morgan fingerprint density at radius 1 is 1.09 bits per heavy atom. The average Bonchev–Trinajstić information content (AvgIpc) is 2.84. The maximum Gasteiger partial charge on any atom is 0.344 e. The van der Waals surface area contributed by atoms with Gasteiger partial charge in [0, 0.05) is 6.54 Å². The third kappa shape index (κ3) is 5.00. The number of hydrogen-bond acceptors (Lipinski definition) is 6. The highest BCUT2D eigenvalue weighted by Crippen LogP contribution is 2.45. The van der Waals surface area contributed by atoms with Crippen molar-refractivity contribution < 1.29 is 24.2 Å². The van der Waals surface area contributed by atoms with Gasteiger partial charge < -0.3 is 19.5 Å². The van der Waals surface area contributed by atoms with E-state index in [1.54, 1.807) is 13.0 Å². The van der Waals surface area contributed by atoms with Gasteiger partial charge in [-0.25, -0.2) is 4.79 Å². The molecule has 4 rings (SSSR count). The van der Waals surface area contributed by atoms with Gasteiger partial charge in [-0.3, -0.25) is 10.3 Å². The molecule has 0 saturated heterocycles. The van der Waals surface area contributed by atoms with Gasteiger partial charge in [0.2, 0.25) is 0 Å². The maximum atomic E-state index is 11.2. The molecule has 0 saturated carbocycles. The standard InChI is InChI=1S/C27H28N2O5/c1-4-23(27(30)31)33-24-14-13-20(17-18(24)2)19(3)28-32-16-15-29-21-9-5-7-11-25(21)34-26-12-8-6-10-22(26)29/h5-14,17,23,28H,3-4,15-16H2,1-2H3,(H,30,31). The largest absolute Gasteiger partial charge is 0.479 e. The molecule has 1 aliphatic heterocycles. The van der Waals surface area contributed by atoms with Crippen molar-refractivity contribution in [1.82, 2.24) is 5.48 Å². The van der Waals surface area contributed by atoms with Crippen LogP contribution in [0.3, 0.4) is 0 Å². The molecule has 1 atom stereocenters. The first kappa shape index (κ1) is 23.2. The van der Waals surface area contributed by atoms with E-state index in [2.05, 4.69) is 17.0 Å². The van der Waals surface area contributed by atoms with E-state index in [0.717, 1.165) is 34.0 Å². The van der Waals surface area contributed by atoms with Crippen LogP contribution >= 0.6 is 0 Å². The van der Waals surface area contributed by atoms with Crippen molar-refractivity contribution in [2.24, 2.45) is 0 Å². The highest BCUT2D eigenvalue weighted by atomic mass is 16.6. The number of carboxylic acid groups (broad SMARTS) is 1. The van der Waals surface area contributed by atoms with Gasteiger partial charge in [0.1, 0.15) is 5.75 Å². The molecule has 0 radical (unpaired) electrons.